The second-order valence-electron chi connectivity index (χ2n) is 8.72. The van der Waals surface area contributed by atoms with Crippen molar-refractivity contribution in [3.8, 4) is 11.4 Å². The van der Waals surface area contributed by atoms with Crippen LogP contribution in [0.2, 0.25) is 0 Å². The van der Waals surface area contributed by atoms with E-state index in [0.717, 1.165) is 29.3 Å². The van der Waals surface area contributed by atoms with Gasteiger partial charge in [0.25, 0.3) is 0 Å². The number of benzene rings is 1. The lowest BCUT2D eigenvalue weighted by Gasteiger charge is -2.35. The molecule has 2 aromatic rings. The first-order valence-electron chi connectivity index (χ1n) is 11.6. The summed E-state index contributed by atoms with van der Waals surface area (Å²) in [5.41, 5.74) is 2.63. The van der Waals surface area contributed by atoms with Gasteiger partial charge in [0.15, 0.2) is 5.82 Å². The standard InChI is InChI=1S/C24H33N5O2S/c1-16-15-31-13-12-29(16)21-14-20(22(32)17-6-4-3-5-7-17)27-23(28-21)18-8-10-19(11-9-18)26-24(30)25-2/h8-11,14,16-17,22,32H,3-7,12-13,15H2,1-2H3,(H2,25,26,30)/t16-,22?/m0/s1. The Hall–Kier alpha value is -2.32. The Morgan fingerprint density at radius 3 is 2.62 bits per heavy atom. The molecule has 32 heavy (non-hydrogen) atoms. The molecule has 2 heterocycles. The lowest BCUT2D eigenvalue weighted by atomic mass is 9.85. The Kier molecular flexibility index (Phi) is 7.52. The van der Waals surface area contributed by atoms with Crippen LogP contribution in [0.25, 0.3) is 11.4 Å². The molecule has 1 saturated carbocycles. The molecule has 7 nitrogen and oxygen atoms in total. The molecule has 1 aliphatic heterocycles. The van der Waals surface area contributed by atoms with Gasteiger partial charge in [-0.25, -0.2) is 14.8 Å². The quantitative estimate of drug-likeness (QED) is 0.571. The van der Waals surface area contributed by atoms with Gasteiger partial charge in [0.2, 0.25) is 0 Å². The Balaban J connectivity index is 1.67. The molecule has 0 spiro atoms. The Morgan fingerprint density at radius 1 is 1.19 bits per heavy atom. The summed E-state index contributed by atoms with van der Waals surface area (Å²) in [5, 5.41) is 5.44. The van der Waals surface area contributed by atoms with Gasteiger partial charge in [0, 0.05) is 36.2 Å². The van der Waals surface area contributed by atoms with Gasteiger partial charge in [0.1, 0.15) is 5.82 Å². The third kappa shape index (κ3) is 5.35. The molecule has 2 aliphatic rings. The van der Waals surface area contributed by atoms with E-state index in [9.17, 15) is 4.79 Å². The molecule has 1 aromatic heterocycles. The monoisotopic (exact) mass is 455 g/mol. The minimum atomic E-state index is -0.245. The summed E-state index contributed by atoms with van der Waals surface area (Å²) in [6.07, 6.45) is 6.27. The number of thiol groups is 1. The molecule has 2 atom stereocenters. The van der Waals surface area contributed by atoms with Crippen LogP contribution in [-0.4, -0.2) is 48.8 Å². The number of hydrogen-bond acceptors (Lipinski definition) is 6. The van der Waals surface area contributed by atoms with E-state index in [1.54, 1.807) is 7.05 Å². The number of morpholine rings is 1. The predicted molar refractivity (Wildman–Crippen MR) is 131 cm³/mol. The molecule has 2 N–H and O–H groups in total. The summed E-state index contributed by atoms with van der Waals surface area (Å²) in [5.74, 6) is 2.17. The number of nitrogens with zero attached hydrogens (tertiary/aromatic N) is 3. The normalized spacial score (nSPS) is 20.6. The van der Waals surface area contributed by atoms with Gasteiger partial charge in [0.05, 0.1) is 24.9 Å². The second-order valence-corrected chi connectivity index (χ2v) is 9.27. The van der Waals surface area contributed by atoms with Crippen molar-refractivity contribution in [2.45, 2.75) is 50.3 Å². The highest BCUT2D eigenvalue weighted by Crippen LogP contribution is 2.39. The molecule has 8 heteroatoms. The smallest absolute Gasteiger partial charge is 0.318 e. The molecule has 1 unspecified atom stereocenters. The molecule has 1 aromatic carbocycles. The summed E-state index contributed by atoms with van der Waals surface area (Å²) >= 11 is 5.03. The summed E-state index contributed by atoms with van der Waals surface area (Å²) in [4.78, 5) is 23.8. The third-order valence-corrected chi connectivity index (χ3v) is 7.11. The number of carbonyl (C=O) groups is 1. The molecule has 172 valence electrons. The van der Waals surface area contributed by atoms with Gasteiger partial charge >= 0.3 is 6.03 Å². The third-order valence-electron chi connectivity index (χ3n) is 6.42. The van der Waals surface area contributed by atoms with Crippen LogP contribution in [0.1, 0.15) is 50.0 Å². The van der Waals surface area contributed by atoms with E-state index < -0.39 is 0 Å². The number of aromatic nitrogens is 2. The van der Waals surface area contributed by atoms with Crippen molar-refractivity contribution in [2.24, 2.45) is 5.92 Å². The van der Waals surface area contributed by atoms with Crippen molar-refractivity contribution in [2.75, 3.05) is 37.0 Å². The highest BCUT2D eigenvalue weighted by molar-refractivity contribution is 7.80. The maximum absolute atomic E-state index is 11.6. The summed E-state index contributed by atoms with van der Waals surface area (Å²) in [6.45, 7) is 4.37. The summed E-state index contributed by atoms with van der Waals surface area (Å²) in [7, 11) is 1.59. The van der Waals surface area contributed by atoms with E-state index >= 15 is 0 Å². The van der Waals surface area contributed by atoms with Crippen molar-refractivity contribution < 1.29 is 9.53 Å². The number of urea groups is 1. The van der Waals surface area contributed by atoms with Gasteiger partial charge in [-0.15, -0.1) is 0 Å². The predicted octanol–water partition coefficient (Wildman–Crippen LogP) is 4.67. The van der Waals surface area contributed by atoms with E-state index in [-0.39, 0.29) is 17.3 Å². The van der Waals surface area contributed by atoms with E-state index in [0.29, 0.717) is 25.0 Å². The average molecular weight is 456 g/mol. The average Bonchev–Trinajstić information content (AvgIpc) is 2.84. The minimum absolute atomic E-state index is 0.0985. The van der Waals surface area contributed by atoms with Crippen molar-refractivity contribution in [3.05, 3.63) is 36.0 Å². The first-order chi connectivity index (χ1) is 15.5. The van der Waals surface area contributed by atoms with Gasteiger partial charge in [-0.05, 0) is 49.9 Å². The molecule has 1 saturated heterocycles. The van der Waals surface area contributed by atoms with Gasteiger partial charge in [-0.2, -0.15) is 12.6 Å². The van der Waals surface area contributed by atoms with E-state index in [4.69, 9.17) is 27.3 Å². The lowest BCUT2D eigenvalue weighted by Crippen LogP contribution is -2.44. The number of carbonyl (C=O) groups excluding carboxylic acids is 1. The van der Waals surface area contributed by atoms with Gasteiger partial charge in [-0.3, -0.25) is 0 Å². The van der Waals surface area contributed by atoms with Crippen molar-refractivity contribution >= 4 is 30.2 Å². The second kappa shape index (κ2) is 10.5. The highest BCUT2D eigenvalue weighted by atomic mass is 32.1. The van der Waals surface area contributed by atoms with E-state index in [2.05, 4.69) is 28.5 Å². The zero-order valence-electron chi connectivity index (χ0n) is 18.9. The van der Waals surface area contributed by atoms with Crippen molar-refractivity contribution in [1.82, 2.24) is 15.3 Å². The maximum Gasteiger partial charge on any atom is 0.318 e. The van der Waals surface area contributed by atoms with Crippen LogP contribution in [0.3, 0.4) is 0 Å². The topological polar surface area (TPSA) is 79.4 Å². The highest BCUT2D eigenvalue weighted by Gasteiger charge is 2.27. The summed E-state index contributed by atoms with van der Waals surface area (Å²) < 4.78 is 5.64. The molecule has 0 bridgehead atoms. The minimum Gasteiger partial charge on any atom is -0.377 e. The first-order valence-corrected chi connectivity index (χ1v) is 12.1. The number of ether oxygens (including phenoxy) is 1. The number of amides is 2. The lowest BCUT2D eigenvalue weighted by molar-refractivity contribution is 0.0985. The number of hydrogen-bond donors (Lipinski definition) is 3. The van der Waals surface area contributed by atoms with Crippen LogP contribution >= 0.6 is 12.6 Å². The zero-order valence-corrected chi connectivity index (χ0v) is 19.8. The summed E-state index contributed by atoms with van der Waals surface area (Å²) in [6, 6.07) is 9.78. The first kappa shape index (κ1) is 22.9. The van der Waals surface area contributed by atoms with Gasteiger partial charge < -0.3 is 20.3 Å². The molecule has 1 aliphatic carbocycles. The molecular weight excluding hydrogens is 422 g/mol. The van der Waals surface area contributed by atoms with Gasteiger partial charge in [-0.1, -0.05) is 19.3 Å². The Labute approximate surface area is 195 Å². The maximum atomic E-state index is 11.6. The number of anilines is 2. The number of rotatable bonds is 5. The fraction of sp³-hybridized carbons (Fsp3) is 0.542. The zero-order chi connectivity index (χ0) is 22.5. The molecule has 2 amide bonds. The van der Waals surface area contributed by atoms with Crippen LogP contribution in [0.15, 0.2) is 30.3 Å². The number of nitrogens with one attached hydrogen (secondary N) is 2. The Morgan fingerprint density at radius 2 is 1.94 bits per heavy atom. The SMILES string of the molecule is CNC(=O)Nc1ccc(-c2nc(C(S)C3CCCCC3)cc(N3CCOC[C@@H]3C)n2)cc1. The van der Waals surface area contributed by atoms with Crippen LogP contribution in [0.4, 0.5) is 16.3 Å². The largest absolute Gasteiger partial charge is 0.377 e. The van der Waals surface area contributed by atoms with Crippen LogP contribution in [0, 0.1) is 5.92 Å². The van der Waals surface area contributed by atoms with Crippen LogP contribution in [-0.2, 0) is 4.74 Å². The van der Waals surface area contributed by atoms with E-state index in [1.807, 2.05) is 24.3 Å². The molecular formula is C24H33N5O2S. The van der Waals surface area contributed by atoms with E-state index in [1.165, 1.54) is 32.1 Å². The molecule has 2 fully saturated rings. The fourth-order valence-electron chi connectivity index (χ4n) is 4.54. The van der Waals surface area contributed by atoms with Crippen molar-refractivity contribution in [3.63, 3.8) is 0 Å². The van der Waals surface area contributed by atoms with Crippen LogP contribution < -0.4 is 15.5 Å². The molecule has 4 rings (SSSR count). The Bertz CT molecular complexity index is 917. The molecule has 0 radical (unpaired) electrons. The van der Waals surface area contributed by atoms with Crippen molar-refractivity contribution in [1.29, 1.82) is 0 Å². The van der Waals surface area contributed by atoms with Crippen LogP contribution in [0.5, 0.6) is 0 Å². The fourth-order valence-corrected chi connectivity index (χ4v) is 4.97.